The van der Waals surface area contributed by atoms with Gasteiger partial charge in [0.15, 0.2) is 5.82 Å². The average Bonchev–Trinajstić information content (AvgIpc) is 3.36. The zero-order chi connectivity index (χ0) is 27.3. The lowest BCUT2D eigenvalue weighted by Crippen LogP contribution is -2.29. The summed E-state index contributed by atoms with van der Waals surface area (Å²) in [6.07, 6.45) is 3.44. The van der Waals surface area contributed by atoms with Gasteiger partial charge in [-0.05, 0) is 57.0 Å². The predicted octanol–water partition coefficient (Wildman–Crippen LogP) is 6.88. The van der Waals surface area contributed by atoms with Crippen LogP contribution in [0.4, 0.5) is 14.9 Å². The molecule has 2 N–H and O–H groups in total. The van der Waals surface area contributed by atoms with E-state index in [1.807, 2.05) is 36.4 Å². The van der Waals surface area contributed by atoms with Gasteiger partial charge < -0.3 is 14.5 Å². The number of aromatic nitrogens is 3. The molecule has 9 heteroatoms. The normalized spacial score (nSPS) is 16.2. The van der Waals surface area contributed by atoms with E-state index in [0.29, 0.717) is 34.0 Å². The molecular weight excluding hydrogens is 499 g/mol. The molecule has 1 amide bonds. The summed E-state index contributed by atoms with van der Waals surface area (Å²) in [6.45, 7) is 5.85. The van der Waals surface area contributed by atoms with E-state index in [1.54, 1.807) is 37.7 Å². The highest BCUT2D eigenvalue weighted by atomic mass is 19.1. The summed E-state index contributed by atoms with van der Waals surface area (Å²) < 4.78 is 28.1. The first-order valence-electron chi connectivity index (χ1n) is 13.1. The Morgan fingerprint density at radius 3 is 2.69 bits per heavy atom. The minimum atomic E-state index is -0.770. The highest BCUT2D eigenvalue weighted by Crippen LogP contribution is 2.40. The van der Waals surface area contributed by atoms with Crippen LogP contribution in [0.1, 0.15) is 46.3 Å². The number of carbonyl (C=O) groups excluding carboxylic acids is 1. The molecular formula is C30H29FN4O4. The van der Waals surface area contributed by atoms with Gasteiger partial charge in [0.05, 0.1) is 5.52 Å². The van der Waals surface area contributed by atoms with Gasteiger partial charge in [-0.1, -0.05) is 42.5 Å². The summed E-state index contributed by atoms with van der Waals surface area (Å²) >= 11 is 0. The molecule has 2 aromatic heterocycles. The zero-order valence-corrected chi connectivity index (χ0v) is 22.0. The minimum Gasteiger partial charge on any atom is -0.444 e. The largest absolute Gasteiger partial charge is 0.444 e. The predicted molar refractivity (Wildman–Crippen MR) is 149 cm³/mol. The highest BCUT2D eigenvalue weighted by molar-refractivity contribution is 6.16. The number of hydrogen-bond donors (Lipinski definition) is 2. The van der Waals surface area contributed by atoms with E-state index >= 15 is 4.39 Å². The molecule has 3 aromatic carbocycles. The molecule has 8 nitrogen and oxygen atoms in total. The van der Waals surface area contributed by atoms with E-state index in [1.165, 1.54) is 6.07 Å². The number of hydrogen-bond acceptors (Lipinski definition) is 5. The fourth-order valence-electron chi connectivity index (χ4n) is 5.23. The van der Waals surface area contributed by atoms with Gasteiger partial charge in [-0.2, -0.15) is 5.10 Å². The lowest BCUT2D eigenvalue weighted by atomic mass is 9.94. The molecule has 1 unspecified atom stereocenters. The Balaban J connectivity index is 1.63. The maximum atomic E-state index is 15.1. The molecule has 1 atom stereocenters. The summed E-state index contributed by atoms with van der Waals surface area (Å²) in [5.74, 6) is -0.482. The van der Waals surface area contributed by atoms with Crippen LogP contribution in [0.2, 0.25) is 0 Å². The van der Waals surface area contributed by atoms with Crippen LogP contribution in [0.5, 0.6) is 0 Å². The van der Waals surface area contributed by atoms with Gasteiger partial charge in [-0.3, -0.25) is 10.1 Å². The second-order valence-corrected chi connectivity index (χ2v) is 10.8. The van der Waals surface area contributed by atoms with Crippen molar-refractivity contribution in [2.75, 3.05) is 11.9 Å². The van der Waals surface area contributed by atoms with Gasteiger partial charge in [0.25, 0.3) is 5.56 Å². The third-order valence-corrected chi connectivity index (χ3v) is 6.90. The number of fused-ring (bicyclic) bond motifs is 4. The van der Waals surface area contributed by atoms with E-state index in [0.717, 1.165) is 30.0 Å². The number of anilines is 1. The summed E-state index contributed by atoms with van der Waals surface area (Å²) in [4.78, 5) is 29.4. The Morgan fingerprint density at radius 2 is 1.92 bits per heavy atom. The van der Waals surface area contributed by atoms with E-state index in [-0.39, 0.29) is 17.4 Å². The number of amides is 1. The van der Waals surface area contributed by atoms with Crippen molar-refractivity contribution in [3.8, 4) is 11.1 Å². The fraction of sp³-hybridized carbons (Fsp3) is 0.300. The average molecular weight is 529 g/mol. The van der Waals surface area contributed by atoms with Crippen molar-refractivity contribution >= 4 is 44.4 Å². The Labute approximate surface area is 223 Å². The molecule has 1 fully saturated rings. The van der Waals surface area contributed by atoms with E-state index < -0.39 is 23.1 Å². The van der Waals surface area contributed by atoms with Crippen LogP contribution >= 0.6 is 0 Å². The standard InChI is InChI=1S/C30H29FN4O4/c1-30(2,3)39-29(37)33-27-24(20-12-11-17-8-4-5-9-18(17)25(20)32-28(27)36)19-13-14-22(31)26-21(19)16-35(34-26)23-10-6-7-15-38-23/h4-5,8-9,11-14,16,23H,6-7,10,15H2,1-3H3,(H,32,36)(H,33,37). The van der Waals surface area contributed by atoms with E-state index in [9.17, 15) is 9.59 Å². The summed E-state index contributed by atoms with van der Waals surface area (Å²) in [6, 6.07) is 14.5. The van der Waals surface area contributed by atoms with Crippen LogP contribution < -0.4 is 10.9 Å². The number of ether oxygens (including phenoxy) is 2. The van der Waals surface area contributed by atoms with Crippen LogP contribution in [-0.2, 0) is 9.47 Å². The maximum Gasteiger partial charge on any atom is 0.412 e. The first kappa shape index (κ1) is 25.1. The lowest BCUT2D eigenvalue weighted by molar-refractivity contribution is -0.0391. The van der Waals surface area contributed by atoms with Crippen LogP contribution in [0.25, 0.3) is 43.7 Å². The molecule has 1 aliphatic heterocycles. The monoisotopic (exact) mass is 528 g/mol. The summed E-state index contributed by atoms with van der Waals surface area (Å²) in [5, 5.41) is 10.2. The number of H-pyrrole nitrogens is 1. The summed E-state index contributed by atoms with van der Waals surface area (Å²) in [7, 11) is 0. The molecule has 3 heterocycles. The molecule has 5 aromatic rings. The van der Waals surface area contributed by atoms with E-state index in [4.69, 9.17) is 9.47 Å². The molecule has 0 aliphatic carbocycles. The summed E-state index contributed by atoms with van der Waals surface area (Å²) in [5.41, 5.74) is 0.545. The number of nitrogens with zero attached hydrogens (tertiary/aromatic N) is 2. The van der Waals surface area contributed by atoms with Gasteiger partial charge in [-0.15, -0.1) is 0 Å². The topological polar surface area (TPSA) is 98.2 Å². The third-order valence-electron chi connectivity index (χ3n) is 6.90. The molecule has 200 valence electrons. The first-order valence-corrected chi connectivity index (χ1v) is 13.1. The smallest absolute Gasteiger partial charge is 0.412 e. The first-order chi connectivity index (χ1) is 18.7. The van der Waals surface area contributed by atoms with Crippen molar-refractivity contribution in [1.29, 1.82) is 0 Å². The van der Waals surface area contributed by atoms with Crippen LogP contribution in [-0.4, -0.2) is 33.1 Å². The second kappa shape index (κ2) is 9.50. The number of nitrogens with one attached hydrogen (secondary N) is 2. The van der Waals surface area contributed by atoms with Gasteiger partial charge in [0.2, 0.25) is 0 Å². The molecule has 39 heavy (non-hydrogen) atoms. The van der Waals surface area contributed by atoms with Crippen LogP contribution in [0.3, 0.4) is 0 Å². The fourth-order valence-corrected chi connectivity index (χ4v) is 5.23. The van der Waals surface area contributed by atoms with Crippen molar-refractivity contribution in [2.24, 2.45) is 0 Å². The van der Waals surface area contributed by atoms with Crippen molar-refractivity contribution in [3.05, 3.63) is 70.9 Å². The quantitative estimate of drug-likeness (QED) is 0.249. The second-order valence-electron chi connectivity index (χ2n) is 10.8. The SMILES string of the molecule is CC(C)(C)OC(=O)Nc1c(-c2ccc(F)c3nn(C4CCCCO4)cc23)c2ccc3ccccc3c2[nH]c1=O. The number of carbonyl (C=O) groups is 1. The number of rotatable bonds is 3. The van der Waals surface area contributed by atoms with Gasteiger partial charge in [0.1, 0.15) is 23.0 Å². The van der Waals surface area contributed by atoms with Crippen molar-refractivity contribution in [3.63, 3.8) is 0 Å². The third kappa shape index (κ3) is 4.63. The molecule has 0 spiro atoms. The number of halogens is 1. The van der Waals surface area contributed by atoms with Crippen LogP contribution in [0.15, 0.2) is 59.5 Å². The molecule has 0 bridgehead atoms. The Morgan fingerprint density at radius 1 is 1.10 bits per heavy atom. The molecule has 0 radical (unpaired) electrons. The Kier molecular flexibility index (Phi) is 6.10. The van der Waals surface area contributed by atoms with Crippen molar-refractivity contribution < 1.29 is 18.7 Å². The molecule has 6 rings (SSSR count). The van der Waals surface area contributed by atoms with E-state index in [2.05, 4.69) is 15.4 Å². The Bertz CT molecular complexity index is 1800. The van der Waals surface area contributed by atoms with Crippen molar-refractivity contribution in [2.45, 2.75) is 51.9 Å². The Hall–Kier alpha value is -4.24. The van der Waals surface area contributed by atoms with Gasteiger partial charge >= 0.3 is 6.09 Å². The molecule has 1 saturated heterocycles. The highest BCUT2D eigenvalue weighted by Gasteiger charge is 2.25. The van der Waals surface area contributed by atoms with Crippen LogP contribution in [0, 0.1) is 5.82 Å². The zero-order valence-electron chi connectivity index (χ0n) is 22.0. The van der Waals surface area contributed by atoms with Gasteiger partial charge in [-0.25, -0.2) is 13.9 Å². The van der Waals surface area contributed by atoms with Gasteiger partial charge in [0, 0.05) is 34.5 Å². The number of aromatic amines is 1. The minimum absolute atomic E-state index is 0.0154. The van der Waals surface area contributed by atoms with Crippen molar-refractivity contribution in [1.82, 2.24) is 14.8 Å². The number of benzene rings is 3. The number of pyridine rings is 1. The lowest BCUT2D eigenvalue weighted by Gasteiger charge is -2.22. The maximum absolute atomic E-state index is 15.1. The molecule has 1 aliphatic rings. The molecule has 0 saturated carbocycles.